The molecule has 0 amide bonds. The van der Waals surface area contributed by atoms with Crippen LogP contribution >= 0.6 is 0 Å². The van der Waals surface area contributed by atoms with E-state index in [1.807, 2.05) is 13.8 Å². The third kappa shape index (κ3) is 8.19. The topological polar surface area (TPSA) is 118 Å². The molecule has 7 nitrogen and oxygen atoms in total. The molecule has 7 heteroatoms. The number of esters is 1. The number of carboxylic acid groups (broad SMARTS) is 2. The molecule has 0 spiro atoms. The molecule has 0 saturated carbocycles. The lowest BCUT2D eigenvalue weighted by atomic mass is 9.91. The van der Waals surface area contributed by atoms with Crippen molar-refractivity contribution >= 4 is 29.8 Å². The zero-order chi connectivity index (χ0) is 22.7. The van der Waals surface area contributed by atoms with Crippen LogP contribution in [-0.2, 0) is 23.9 Å². The lowest BCUT2D eigenvalue weighted by molar-refractivity contribution is -0.156. The summed E-state index contributed by atoms with van der Waals surface area (Å²) >= 11 is 0. The van der Waals surface area contributed by atoms with Crippen molar-refractivity contribution in [2.24, 2.45) is 11.8 Å². The van der Waals surface area contributed by atoms with Gasteiger partial charge in [-0.15, -0.1) is 0 Å². The number of Topliss-reactive ketones (excluding diaryl/α,β-unsaturated/α-hetero) is 1. The maximum atomic E-state index is 12.2. The zero-order valence-corrected chi connectivity index (χ0v) is 17.7. The predicted molar refractivity (Wildman–Crippen MR) is 112 cm³/mol. The number of carbonyl (C=O) groups excluding carboxylic acids is 2. The molecule has 0 heterocycles. The Labute approximate surface area is 176 Å². The van der Waals surface area contributed by atoms with Crippen molar-refractivity contribution < 1.29 is 34.1 Å². The minimum absolute atomic E-state index is 0.0871. The van der Waals surface area contributed by atoms with Crippen LogP contribution in [0.5, 0.6) is 0 Å². The quantitative estimate of drug-likeness (QED) is 0.283. The van der Waals surface area contributed by atoms with E-state index < -0.39 is 41.6 Å². The van der Waals surface area contributed by atoms with Gasteiger partial charge in [-0.1, -0.05) is 62.9 Å². The highest BCUT2D eigenvalue weighted by Crippen LogP contribution is 2.21. The Morgan fingerprint density at radius 1 is 1.07 bits per heavy atom. The second-order valence-electron chi connectivity index (χ2n) is 7.35. The van der Waals surface area contributed by atoms with Crippen LogP contribution in [0.25, 0.3) is 6.08 Å². The summed E-state index contributed by atoms with van der Waals surface area (Å²) < 4.78 is 5.06. The molecule has 2 N–H and O–H groups in total. The van der Waals surface area contributed by atoms with Gasteiger partial charge in [-0.25, -0.2) is 9.59 Å². The van der Waals surface area contributed by atoms with Crippen molar-refractivity contribution in [2.75, 3.05) is 6.61 Å². The number of carbonyl (C=O) groups is 4. The minimum atomic E-state index is -1.66. The fraction of sp³-hybridized carbons (Fsp3) is 0.478. The standard InChI is InChI=1S/C23H30O7/c1-4-6-7-16(5-2)14-30-23(29)20(24)13-19(22(27)28)18(21(25)26)12-17-10-8-15(3)9-11-17/h8-12,16,19H,4-7,13-14H2,1-3H3,(H,25,26)(H,27,28). The number of hydrogen-bond acceptors (Lipinski definition) is 5. The number of ether oxygens (including phenoxy) is 1. The first-order valence-corrected chi connectivity index (χ1v) is 10.1. The van der Waals surface area contributed by atoms with Crippen molar-refractivity contribution in [3.05, 3.63) is 41.0 Å². The monoisotopic (exact) mass is 418 g/mol. The van der Waals surface area contributed by atoms with Crippen molar-refractivity contribution in [3.63, 3.8) is 0 Å². The highest BCUT2D eigenvalue weighted by Gasteiger charge is 2.32. The molecule has 0 aromatic heterocycles. The minimum Gasteiger partial charge on any atom is -0.481 e. The Bertz CT molecular complexity index is 777. The first-order chi connectivity index (χ1) is 14.2. The fourth-order valence-corrected chi connectivity index (χ4v) is 2.92. The van der Waals surface area contributed by atoms with Crippen LogP contribution in [0, 0.1) is 18.8 Å². The molecule has 2 atom stereocenters. The van der Waals surface area contributed by atoms with Crippen molar-refractivity contribution in [3.8, 4) is 0 Å². The smallest absolute Gasteiger partial charge is 0.374 e. The Balaban J connectivity index is 2.91. The summed E-state index contributed by atoms with van der Waals surface area (Å²) in [5.41, 5.74) is 0.976. The summed E-state index contributed by atoms with van der Waals surface area (Å²) in [7, 11) is 0. The first kappa shape index (κ1) is 25.1. The van der Waals surface area contributed by atoms with E-state index in [0.29, 0.717) is 5.56 Å². The molecule has 164 valence electrons. The van der Waals surface area contributed by atoms with Gasteiger partial charge in [-0.2, -0.15) is 0 Å². The lowest BCUT2D eigenvalue weighted by Crippen LogP contribution is -2.29. The summed E-state index contributed by atoms with van der Waals surface area (Å²) in [6.45, 7) is 5.97. The van der Waals surface area contributed by atoms with Gasteiger partial charge in [0.25, 0.3) is 0 Å². The summed E-state index contributed by atoms with van der Waals surface area (Å²) in [6.07, 6.45) is 4.09. The van der Waals surface area contributed by atoms with E-state index in [1.165, 1.54) is 6.08 Å². The van der Waals surface area contributed by atoms with Gasteiger partial charge in [0.2, 0.25) is 5.78 Å². The SMILES string of the molecule is CCCCC(CC)COC(=O)C(=O)CC(C(=O)O)C(=Cc1ccc(C)cc1)C(=O)O. The van der Waals surface area contributed by atoms with Crippen LogP contribution in [0.15, 0.2) is 29.8 Å². The number of aryl methyl sites for hydroxylation is 1. The Morgan fingerprint density at radius 2 is 1.70 bits per heavy atom. The number of benzene rings is 1. The lowest BCUT2D eigenvalue weighted by Gasteiger charge is -2.15. The van der Waals surface area contributed by atoms with Gasteiger partial charge in [0.05, 0.1) is 18.1 Å². The molecule has 0 fully saturated rings. The van der Waals surface area contributed by atoms with E-state index in [0.717, 1.165) is 31.2 Å². The molecular weight excluding hydrogens is 388 g/mol. The van der Waals surface area contributed by atoms with Gasteiger partial charge < -0.3 is 14.9 Å². The molecule has 0 saturated heterocycles. The third-order valence-corrected chi connectivity index (χ3v) is 4.93. The van der Waals surface area contributed by atoms with Crippen LogP contribution in [-0.4, -0.2) is 40.5 Å². The van der Waals surface area contributed by atoms with Crippen LogP contribution in [0.2, 0.25) is 0 Å². The Hall–Kier alpha value is -2.96. The van der Waals surface area contributed by atoms with Gasteiger partial charge >= 0.3 is 17.9 Å². The highest BCUT2D eigenvalue weighted by atomic mass is 16.5. The molecule has 2 unspecified atom stereocenters. The first-order valence-electron chi connectivity index (χ1n) is 10.1. The molecule has 1 aromatic carbocycles. The highest BCUT2D eigenvalue weighted by molar-refractivity contribution is 6.34. The van der Waals surface area contributed by atoms with Gasteiger partial charge in [-0.3, -0.25) is 9.59 Å². The summed E-state index contributed by atoms with van der Waals surface area (Å²) in [4.78, 5) is 47.6. The van der Waals surface area contributed by atoms with Crippen LogP contribution < -0.4 is 0 Å². The molecule has 0 bridgehead atoms. The van der Waals surface area contributed by atoms with Crippen molar-refractivity contribution in [1.82, 2.24) is 0 Å². The van der Waals surface area contributed by atoms with Gasteiger partial charge in [-0.05, 0) is 30.9 Å². The number of carboxylic acids is 2. The number of rotatable bonds is 13. The predicted octanol–water partition coefficient (Wildman–Crippen LogP) is 3.88. The summed E-state index contributed by atoms with van der Waals surface area (Å²) in [6, 6.07) is 6.81. The van der Waals surface area contributed by atoms with Crippen molar-refractivity contribution in [1.29, 1.82) is 0 Å². The fourth-order valence-electron chi connectivity index (χ4n) is 2.92. The van der Waals surface area contributed by atoms with E-state index >= 15 is 0 Å². The molecule has 0 aliphatic carbocycles. The Kier molecular flexibility index (Phi) is 10.5. The number of aliphatic carboxylic acids is 2. The van der Waals surface area contributed by atoms with Gasteiger partial charge in [0, 0.05) is 6.42 Å². The molecule has 1 aromatic rings. The van der Waals surface area contributed by atoms with Gasteiger partial charge in [0.1, 0.15) is 0 Å². The molecule has 30 heavy (non-hydrogen) atoms. The number of ketones is 1. The van der Waals surface area contributed by atoms with Gasteiger partial charge in [0.15, 0.2) is 0 Å². The molecule has 0 radical (unpaired) electrons. The molecule has 0 aliphatic rings. The molecule has 1 rings (SSSR count). The van der Waals surface area contributed by atoms with E-state index in [1.54, 1.807) is 24.3 Å². The Morgan fingerprint density at radius 3 is 2.20 bits per heavy atom. The average molecular weight is 418 g/mol. The van der Waals surface area contributed by atoms with E-state index in [-0.39, 0.29) is 12.5 Å². The normalized spacial score (nSPS) is 13.4. The van der Waals surface area contributed by atoms with E-state index in [9.17, 15) is 29.4 Å². The summed E-state index contributed by atoms with van der Waals surface area (Å²) in [5, 5.41) is 19.0. The van der Waals surface area contributed by atoms with Crippen LogP contribution in [0.1, 0.15) is 57.1 Å². The second-order valence-corrected chi connectivity index (χ2v) is 7.35. The maximum absolute atomic E-state index is 12.2. The largest absolute Gasteiger partial charge is 0.481 e. The van der Waals surface area contributed by atoms with E-state index in [2.05, 4.69) is 6.92 Å². The molecule has 0 aliphatic heterocycles. The van der Waals surface area contributed by atoms with E-state index in [4.69, 9.17) is 4.74 Å². The average Bonchev–Trinajstić information content (AvgIpc) is 2.71. The molecular formula is C23H30O7. The zero-order valence-electron chi connectivity index (χ0n) is 17.7. The van der Waals surface area contributed by atoms with Crippen molar-refractivity contribution in [2.45, 2.75) is 52.9 Å². The summed E-state index contributed by atoms with van der Waals surface area (Å²) in [5.74, 6) is -6.67. The maximum Gasteiger partial charge on any atom is 0.374 e. The number of unbranched alkanes of at least 4 members (excludes halogenated alkanes) is 1. The third-order valence-electron chi connectivity index (χ3n) is 4.93. The van der Waals surface area contributed by atoms with Crippen LogP contribution in [0.4, 0.5) is 0 Å². The van der Waals surface area contributed by atoms with Crippen LogP contribution in [0.3, 0.4) is 0 Å². The number of hydrogen-bond donors (Lipinski definition) is 2. The second kappa shape index (κ2) is 12.6.